The summed E-state index contributed by atoms with van der Waals surface area (Å²) in [5.74, 6) is 1.32. The quantitative estimate of drug-likeness (QED) is 0.605. The van der Waals surface area contributed by atoms with Crippen LogP contribution in [0.2, 0.25) is 0 Å². The second-order valence-electron chi connectivity index (χ2n) is 4.18. The van der Waals surface area contributed by atoms with Gasteiger partial charge in [0.05, 0.1) is 0 Å². The summed E-state index contributed by atoms with van der Waals surface area (Å²) in [6.07, 6.45) is 5.02. The van der Waals surface area contributed by atoms with Gasteiger partial charge in [0.1, 0.15) is 0 Å². The van der Waals surface area contributed by atoms with Crippen LogP contribution in [0.25, 0.3) is 0 Å². The van der Waals surface area contributed by atoms with Gasteiger partial charge >= 0.3 is 5.97 Å². The molecule has 2 fully saturated rings. The van der Waals surface area contributed by atoms with Gasteiger partial charge in [-0.25, -0.2) is 4.79 Å². The van der Waals surface area contributed by atoms with Crippen molar-refractivity contribution in [3.05, 3.63) is 11.6 Å². The molecular formula is C10H14O2. The van der Waals surface area contributed by atoms with E-state index in [1.165, 1.54) is 24.5 Å². The molecule has 2 heteroatoms. The normalized spacial score (nSPS) is 42.4. The molecule has 2 bridgehead atoms. The lowest BCUT2D eigenvalue weighted by molar-refractivity contribution is -0.131. The minimum Gasteiger partial charge on any atom is -0.478 e. The molecule has 0 aromatic carbocycles. The number of carbonyl (C=O) groups is 1. The highest BCUT2D eigenvalue weighted by atomic mass is 16.4. The number of fused-ring (bicyclic) bond motifs is 2. The first-order chi connectivity index (χ1) is 5.66. The number of rotatable bonds is 1. The third kappa shape index (κ3) is 1.15. The summed E-state index contributed by atoms with van der Waals surface area (Å²) in [7, 11) is 0. The predicted molar refractivity (Wildman–Crippen MR) is 45.7 cm³/mol. The first-order valence-corrected chi connectivity index (χ1v) is 4.60. The first kappa shape index (κ1) is 7.84. The summed E-state index contributed by atoms with van der Waals surface area (Å²) in [5, 5.41) is 8.61. The van der Waals surface area contributed by atoms with Crippen LogP contribution in [0.5, 0.6) is 0 Å². The van der Waals surface area contributed by atoms with E-state index in [0.29, 0.717) is 11.8 Å². The van der Waals surface area contributed by atoms with Crippen molar-refractivity contribution in [3.63, 3.8) is 0 Å². The number of carboxylic acid groups (broad SMARTS) is 1. The fourth-order valence-electron chi connectivity index (χ4n) is 2.87. The van der Waals surface area contributed by atoms with Crippen LogP contribution in [0.3, 0.4) is 0 Å². The van der Waals surface area contributed by atoms with Crippen LogP contribution in [-0.2, 0) is 4.79 Å². The molecule has 2 rings (SSSR count). The highest BCUT2D eigenvalue weighted by Gasteiger charge is 2.40. The SMILES string of the molecule is CC1CC2C/C(=C/C(=O)O)C1C2. The van der Waals surface area contributed by atoms with Gasteiger partial charge in [-0.05, 0) is 37.0 Å². The highest BCUT2D eigenvalue weighted by Crippen LogP contribution is 2.51. The molecule has 3 unspecified atom stereocenters. The Balaban J connectivity index is 2.17. The van der Waals surface area contributed by atoms with Crippen LogP contribution in [-0.4, -0.2) is 11.1 Å². The van der Waals surface area contributed by atoms with Gasteiger partial charge in [-0.3, -0.25) is 0 Å². The first-order valence-electron chi connectivity index (χ1n) is 4.60. The Kier molecular flexibility index (Phi) is 1.71. The molecule has 2 aliphatic rings. The number of hydrogen-bond acceptors (Lipinski definition) is 1. The van der Waals surface area contributed by atoms with E-state index in [1.54, 1.807) is 0 Å². The fourth-order valence-corrected chi connectivity index (χ4v) is 2.87. The van der Waals surface area contributed by atoms with Gasteiger partial charge in [0, 0.05) is 6.08 Å². The monoisotopic (exact) mass is 166 g/mol. The molecule has 0 aliphatic heterocycles. The van der Waals surface area contributed by atoms with Crippen molar-refractivity contribution in [2.45, 2.75) is 26.2 Å². The molecule has 2 aliphatic carbocycles. The van der Waals surface area contributed by atoms with E-state index < -0.39 is 5.97 Å². The Bertz CT molecular complexity index is 242. The summed E-state index contributed by atoms with van der Waals surface area (Å²) in [6.45, 7) is 2.24. The van der Waals surface area contributed by atoms with Gasteiger partial charge in [-0.15, -0.1) is 0 Å². The molecule has 1 N–H and O–H groups in total. The van der Waals surface area contributed by atoms with Crippen LogP contribution in [0.15, 0.2) is 11.6 Å². The molecule has 0 radical (unpaired) electrons. The van der Waals surface area contributed by atoms with Crippen molar-refractivity contribution in [3.8, 4) is 0 Å². The Morgan fingerprint density at radius 3 is 2.83 bits per heavy atom. The van der Waals surface area contributed by atoms with Crippen molar-refractivity contribution in [2.24, 2.45) is 17.8 Å². The van der Waals surface area contributed by atoms with E-state index >= 15 is 0 Å². The van der Waals surface area contributed by atoms with Gasteiger partial charge in [0.2, 0.25) is 0 Å². The van der Waals surface area contributed by atoms with Crippen molar-refractivity contribution < 1.29 is 9.90 Å². The summed E-state index contributed by atoms with van der Waals surface area (Å²) < 4.78 is 0. The molecule has 3 atom stereocenters. The number of carboxylic acids is 1. The summed E-state index contributed by atoms with van der Waals surface area (Å²) in [4.78, 5) is 10.5. The van der Waals surface area contributed by atoms with Crippen molar-refractivity contribution in [1.29, 1.82) is 0 Å². The van der Waals surface area contributed by atoms with Gasteiger partial charge in [-0.1, -0.05) is 12.5 Å². The zero-order chi connectivity index (χ0) is 8.72. The average molecular weight is 166 g/mol. The number of allylic oxidation sites excluding steroid dienone is 1. The smallest absolute Gasteiger partial charge is 0.328 e. The van der Waals surface area contributed by atoms with Gasteiger partial charge in [0.15, 0.2) is 0 Å². The molecule has 12 heavy (non-hydrogen) atoms. The molecule has 0 amide bonds. The molecular weight excluding hydrogens is 152 g/mol. The van der Waals surface area contributed by atoms with E-state index in [4.69, 9.17) is 5.11 Å². The third-order valence-corrected chi connectivity index (χ3v) is 3.29. The topological polar surface area (TPSA) is 37.3 Å². The Labute approximate surface area is 72.3 Å². The molecule has 0 saturated heterocycles. The zero-order valence-electron chi connectivity index (χ0n) is 7.29. The molecule has 0 aromatic heterocycles. The lowest BCUT2D eigenvalue weighted by Gasteiger charge is -2.19. The van der Waals surface area contributed by atoms with Crippen LogP contribution < -0.4 is 0 Å². The van der Waals surface area contributed by atoms with E-state index in [2.05, 4.69) is 6.92 Å². The largest absolute Gasteiger partial charge is 0.478 e. The molecule has 2 saturated carbocycles. The molecule has 0 aromatic rings. The molecule has 0 spiro atoms. The summed E-state index contributed by atoms with van der Waals surface area (Å²) in [5.41, 5.74) is 1.19. The number of hydrogen-bond donors (Lipinski definition) is 1. The second kappa shape index (κ2) is 2.61. The van der Waals surface area contributed by atoms with E-state index in [0.717, 1.165) is 12.3 Å². The van der Waals surface area contributed by atoms with Crippen molar-refractivity contribution in [1.82, 2.24) is 0 Å². The zero-order valence-corrected chi connectivity index (χ0v) is 7.29. The minimum absolute atomic E-state index is 0.589. The van der Waals surface area contributed by atoms with Gasteiger partial charge in [0.25, 0.3) is 0 Å². The average Bonchev–Trinajstić information content (AvgIpc) is 2.43. The van der Waals surface area contributed by atoms with E-state index in [1.807, 2.05) is 0 Å². The third-order valence-electron chi connectivity index (χ3n) is 3.29. The predicted octanol–water partition coefficient (Wildman–Crippen LogP) is 2.06. The van der Waals surface area contributed by atoms with Crippen LogP contribution in [0.4, 0.5) is 0 Å². The van der Waals surface area contributed by atoms with Crippen molar-refractivity contribution >= 4 is 5.97 Å². The fraction of sp³-hybridized carbons (Fsp3) is 0.700. The summed E-state index contributed by atoms with van der Waals surface area (Å²) in [6, 6.07) is 0. The minimum atomic E-state index is -0.773. The lowest BCUT2D eigenvalue weighted by atomic mass is 9.86. The Hall–Kier alpha value is -0.790. The molecule has 2 nitrogen and oxygen atoms in total. The second-order valence-corrected chi connectivity index (χ2v) is 4.18. The van der Waals surface area contributed by atoms with Gasteiger partial charge < -0.3 is 5.11 Å². The highest BCUT2D eigenvalue weighted by molar-refractivity contribution is 5.81. The van der Waals surface area contributed by atoms with E-state index in [9.17, 15) is 4.79 Å². The van der Waals surface area contributed by atoms with Gasteiger partial charge in [-0.2, -0.15) is 0 Å². The van der Waals surface area contributed by atoms with Crippen molar-refractivity contribution in [2.75, 3.05) is 0 Å². The van der Waals surface area contributed by atoms with Crippen LogP contribution in [0.1, 0.15) is 26.2 Å². The Morgan fingerprint density at radius 1 is 1.58 bits per heavy atom. The maximum atomic E-state index is 10.5. The lowest BCUT2D eigenvalue weighted by Crippen LogP contribution is -2.10. The maximum absolute atomic E-state index is 10.5. The molecule has 0 heterocycles. The maximum Gasteiger partial charge on any atom is 0.328 e. The molecule has 66 valence electrons. The van der Waals surface area contributed by atoms with Crippen LogP contribution in [0, 0.1) is 17.8 Å². The number of aliphatic carboxylic acids is 1. The standard InChI is InChI=1S/C10H14O2/c1-6-2-7-3-8(5-10(11)12)9(6)4-7/h5-7,9H,2-4H2,1H3,(H,11,12)/b8-5-. The Morgan fingerprint density at radius 2 is 2.33 bits per heavy atom. The van der Waals surface area contributed by atoms with Crippen LogP contribution >= 0.6 is 0 Å². The van der Waals surface area contributed by atoms with E-state index in [-0.39, 0.29) is 0 Å². The summed E-state index contributed by atoms with van der Waals surface area (Å²) >= 11 is 0.